The van der Waals surface area contributed by atoms with Crippen LogP contribution in [0, 0.1) is 35.0 Å². The summed E-state index contributed by atoms with van der Waals surface area (Å²) >= 11 is 3.88. The number of nitriles is 1. The zero-order valence-electron chi connectivity index (χ0n) is 23.2. The molecular formula is C38H33BrN2. The van der Waals surface area contributed by atoms with E-state index in [1.54, 1.807) is 11.1 Å². The van der Waals surface area contributed by atoms with Gasteiger partial charge in [-0.3, -0.25) is 0 Å². The second kappa shape index (κ2) is 8.83. The Morgan fingerprint density at radius 1 is 0.683 bits per heavy atom. The van der Waals surface area contributed by atoms with Crippen molar-refractivity contribution in [2.24, 2.45) is 23.7 Å². The third-order valence-corrected chi connectivity index (χ3v) is 11.9. The van der Waals surface area contributed by atoms with Crippen molar-refractivity contribution >= 4 is 21.6 Å². The zero-order chi connectivity index (χ0) is 27.3. The molecule has 4 bridgehead atoms. The van der Waals surface area contributed by atoms with Crippen molar-refractivity contribution in [1.29, 1.82) is 5.26 Å². The van der Waals surface area contributed by atoms with Gasteiger partial charge in [0, 0.05) is 34.2 Å². The van der Waals surface area contributed by atoms with Crippen molar-refractivity contribution in [1.82, 2.24) is 0 Å². The molecule has 1 spiro atoms. The number of hydrogen-bond acceptors (Lipinski definition) is 2. The van der Waals surface area contributed by atoms with Gasteiger partial charge < -0.3 is 4.90 Å². The first-order valence-electron chi connectivity index (χ1n) is 15.5. The fourth-order valence-electron chi connectivity index (χ4n) is 9.86. The highest BCUT2D eigenvalue weighted by atomic mass is 79.9. The molecule has 0 atom stereocenters. The van der Waals surface area contributed by atoms with E-state index in [1.165, 1.54) is 70.9 Å². The highest BCUT2D eigenvalue weighted by Gasteiger charge is 2.61. The lowest BCUT2D eigenvalue weighted by molar-refractivity contribution is -0.0399. The summed E-state index contributed by atoms with van der Waals surface area (Å²) in [6.45, 7) is 2.27. The topological polar surface area (TPSA) is 27.0 Å². The first kappa shape index (κ1) is 24.3. The van der Waals surface area contributed by atoms with Gasteiger partial charge >= 0.3 is 0 Å². The Morgan fingerprint density at radius 3 is 2.07 bits per heavy atom. The van der Waals surface area contributed by atoms with Gasteiger partial charge in [-0.1, -0.05) is 58.4 Å². The molecule has 4 saturated carbocycles. The van der Waals surface area contributed by atoms with E-state index in [0.717, 1.165) is 47.9 Å². The zero-order valence-corrected chi connectivity index (χ0v) is 24.8. The van der Waals surface area contributed by atoms with E-state index in [-0.39, 0.29) is 5.41 Å². The van der Waals surface area contributed by atoms with Crippen molar-refractivity contribution in [3.05, 3.63) is 100 Å². The Kier molecular flexibility index (Phi) is 5.22. The maximum absolute atomic E-state index is 9.39. The molecule has 5 aliphatic carbocycles. The molecule has 0 radical (unpaired) electrons. The Morgan fingerprint density at radius 2 is 1.39 bits per heavy atom. The maximum atomic E-state index is 9.39. The Hall–Kier alpha value is -3.35. The molecule has 0 unspecified atom stereocenters. The standard InChI is InChI=1S/C38H33BrN2/c39-31-9-10-32-34-21-37(41-11-2-12-41)33(27-7-5-26(6-8-27)28-4-1-3-23(14-28)22-40)20-36(34)38(35(32)19-31)29-15-24-13-25(17-29)18-30(38)16-24/h1,3-10,14,19-21,24-25,29-30H,2,11-13,15-18H2. The van der Waals surface area contributed by atoms with Gasteiger partial charge in [-0.2, -0.15) is 5.26 Å². The maximum Gasteiger partial charge on any atom is 0.0991 e. The summed E-state index contributed by atoms with van der Waals surface area (Å²) in [5.41, 5.74) is 13.4. The van der Waals surface area contributed by atoms with Crippen LogP contribution in [0.2, 0.25) is 0 Å². The van der Waals surface area contributed by atoms with Crippen LogP contribution in [0.3, 0.4) is 0 Å². The summed E-state index contributed by atoms with van der Waals surface area (Å²) in [6, 6.07) is 31.7. The van der Waals surface area contributed by atoms with E-state index < -0.39 is 0 Å². The molecule has 6 aliphatic rings. The molecule has 0 N–H and O–H groups in total. The van der Waals surface area contributed by atoms with E-state index in [0.29, 0.717) is 5.56 Å². The van der Waals surface area contributed by atoms with Gasteiger partial charge in [0.25, 0.3) is 0 Å². The van der Waals surface area contributed by atoms with E-state index in [4.69, 9.17) is 0 Å². The van der Waals surface area contributed by atoms with Gasteiger partial charge in [0.2, 0.25) is 0 Å². The lowest BCUT2D eigenvalue weighted by Gasteiger charge is -2.61. The molecule has 1 saturated heterocycles. The van der Waals surface area contributed by atoms with Crippen LogP contribution in [0.15, 0.2) is 83.3 Å². The van der Waals surface area contributed by atoms with Crippen molar-refractivity contribution in [2.45, 2.75) is 43.9 Å². The summed E-state index contributed by atoms with van der Waals surface area (Å²) in [5.74, 6) is 3.39. The normalized spacial score (nSPS) is 28.3. The van der Waals surface area contributed by atoms with Gasteiger partial charge in [-0.05, 0) is 138 Å². The average molecular weight is 598 g/mol. The number of halogens is 1. The van der Waals surface area contributed by atoms with E-state index in [1.807, 2.05) is 18.2 Å². The Bertz CT molecular complexity index is 1730. The monoisotopic (exact) mass is 596 g/mol. The van der Waals surface area contributed by atoms with E-state index in [2.05, 4.69) is 87.6 Å². The van der Waals surface area contributed by atoms with E-state index in [9.17, 15) is 5.26 Å². The van der Waals surface area contributed by atoms with Gasteiger partial charge in [0.1, 0.15) is 0 Å². The third-order valence-electron chi connectivity index (χ3n) is 11.4. The largest absolute Gasteiger partial charge is 0.371 e. The molecule has 41 heavy (non-hydrogen) atoms. The van der Waals surface area contributed by atoms with Crippen LogP contribution >= 0.6 is 15.9 Å². The molecule has 0 amide bonds. The van der Waals surface area contributed by atoms with Crippen molar-refractivity contribution in [2.75, 3.05) is 18.0 Å². The first-order chi connectivity index (χ1) is 20.1. The lowest BCUT2D eigenvalue weighted by Crippen LogP contribution is -2.55. The van der Waals surface area contributed by atoms with Crippen molar-refractivity contribution in [3.63, 3.8) is 0 Å². The highest BCUT2D eigenvalue weighted by Crippen LogP contribution is 2.70. The predicted octanol–water partition coefficient (Wildman–Crippen LogP) is 9.59. The molecule has 3 heteroatoms. The Labute approximate surface area is 251 Å². The molecule has 202 valence electrons. The fourth-order valence-corrected chi connectivity index (χ4v) is 10.2. The highest BCUT2D eigenvalue weighted by molar-refractivity contribution is 9.10. The summed E-state index contributed by atoms with van der Waals surface area (Å²) in [6.07, 6.45) is 8.35. The minimum absolute atomic E-state index is 0.155. The number of rotatable bonds is 3. The summed E-state index contributed by atoms with van der Waals surface area (Å²) in [4.78, 5) is 2.58. The number of benzene rings is 4. The minimum Gasteiger partial charge on any atom is -0.371 e. The van der Waals surface area contributed by atoms with Crippen LogP contribution in [0.25, 0.3) is 33.4 Å². The average Bonchev–Trinajstić information content (AvgIpc) is 3.23. The summed E-state index contributed by atoms with van der Waals surface area (Å²) < 4.78 is 1.22. The summed E-state index contributed by atoms with van der Waals surface area (Å²) in [5, 5.41) is 9.39. The number of hydrogen-bond donors (Lipinski definition) is 0. The van der Waals surface area contributed by atoms with Crippen LogP contribution in [0.1, 0.15) is 55.2 Å². The fraction of sp³-hybridized carbons (Fsp3) is 0.342. The molecule has 5 fully saturated rings. The van der Waals surface area contributed by atoms with Crippen LogP contribution in [-0.2, 0) is 5.41 Å². The number of fused-ring (bicyclic) bond motifs is 3. The summed E-state index contributed by atoms with van der Waals surface area (Å²) in [7, 11) is 0. The van der Waals surface area contributed by atoms with Crippen molar-refractivity contribution < 1.29 is 0 Å². The first-order valence-corrected chi connectivity index (χ1v) is 16.3. The Balaban J connectivity index is 1.23. The second-order valence-corrected chi connectivity index (χ2v) is 14.3. The van der Waals surface area contributed by atoms with Gasteiger partial charge in [-0.25, -0.2) is 0 Å². The van der Waals surface area contributed by atoms with Crippen LogP contribution in [0.5, 0.6) is 0 Å². The quantitative estimate of drug-likeness (QED) is 0.235. The second-order valence-electron chi connectivity index (χ2n) is 13.4. The molecule has 0 aromatic heterocycles. The SMILES string of the molecule is N#Cc1cccc(-c2ccc(-c3cc4c(cc3N3CCC3)-c3ccc(Br)cc3C43C4CC5CC(C4)CC3C5)cc2)c1. The van der Waals surface area contributed by atoms with Crippen molar-refractivity contribution in [3.8, 4) is 39.4 Å². The molecule has 1 heterocycles. The number of nitrogens with zero attached hydrogens (tertiary/aromatic N) is 2. The minimum atomic E-state index is 0.155. The molecule has 4 aromatic rings. The molecule has 2 nitrogen and oxygen atoms in total. The van der Waals surface area contributed by atoms with Gasteiger partial charge in [0.15, 0.2) is 0 Å². The van der Waals surface area contributed by atoms with Crippen LogP contribution in [-0.4, -0.2) is 13.1 Å². The van der Waals surface area contributed by atoms with Gasteiger partial charge in [-0.15, -0.1) is 0 Å². The lowest BCUT2D eigenvalue weighted by atomic mass is 9.43. The third kappa shape index (κ3) is 3.41. The van der Waals surface area contributed by atoms with E-state index >= 15 is 0 Å². The molecule has 10 rings (SSSR count). The van der Waals surface area contributed by atoms with Gasteiger partial charge in [0.05, 0.1) is 11.6 Å². The van der Waals surface area contributed by atoms with Crippen LogP contribution < -0.4 is 4.90 Å². The molecular weight excluding hydrogens is 564 g/mol. The molecule has 4 aromatic carbocycles. The number of anilines is 1. The van der Waals surface area contributed by atoms with Crippen LogP contribution in [0.4, 0.5) is 5.69 Å². The smallest absolute Gasteiger partial charge is 0.0991 e. The predicted molar refractivity (Wildman–Crippen MR) is 170 cm³/mol. The molecule has 1 aliphatic heterocycles.